The molecule has 1 saturated heterocycles. The van der Waals surface area contributed by atoms with Crippen molar-refractivity contribution in [3.05, 3.63) is 29.3 Å². The molecule has 1 aromatic rings. The van der Waals surface area contributed by atoms with E-state index in [1.807, 2.05) is 25.1 Å². The standard InChI is InChI=1S/C13H17NO2S/c1-9-2-3-12(11(8-9)13(14)17)16-10-4-6-15-7-5-10/h2-3,8,10H,4-7H2,1H3,(H2,14,17). The van der Waals surface area contributed by atoms with Crippen molar-refractivity contribution in [2.24, 2.45) is 5.73 Å². The molecule has 0 aromatic heterocycles. The fourth-order valence-electron chi connectivity index (χ4n) is 1.91. The second kappa shape index (κ2) is 5.47. The van der Waals surface area contributed by atoms with E-state index >= 15 is 0 Å². The van der Waals surface area contributed by atoms with E-state index in [0.29, 0.717) is 4.99 Å². The molecule has 0 saturated carbocycles. The fourth-order valence-corrected chi connectivity index (χ4v) is 2.07. The highest BCUT2D eigenvalue weighted by Crippen LogP contribution is 2.23. The molecular weight excluding hydrogens is 234 g/mol. The van der Waals surface area contributed by atoms with Gasteiger partial charge in [-0.25, -0.2) is 0 Å². The van der Waals surface area contributed by atoms with Crippen molar-refractivity contribution in [1.29, 1.82) is 0 Å². The zero-order chi connectivity index (χ0) is 12.3. The van der Waals surface area contributed by atoms with Gasteiger partial charge in [-0.2, -0.15) is 0 Å². The van der Waals surface area contributed by atoms with Gasteiger partial charge in [0, 0.05) is 12.8 Å². The van der Waals surface area contributed by atoms with E-state index in [9.17, 15) is 0 Å². The highest BCUT2D eigenvalue weighted by molar-refractivity contribution is 7.80. The molecule has 2 N–H and O–H groups in total. The number of aryl methyl sites for hydroxylation is 1. The molecule has 1 aromatic carbocycles. The van der Waals surface area contributed by atoms with Crippen molar-refractivity contribution < 1.29 is 9.47 Å². The van der Waals surface area contributed by atoms with Gasteiger partial charge in [0.2, 0.25) is 0 Å². The molecule has 0 unspecified atom stereocenters. The monoisotopic (exact) mass is 251 g/mol. The maximum atomic E-state index is 5.96. The third kappa shape index (κ3) is 3.17. The van der Waals surface area contributed by atoms with Crippen LogP contribution >= 0.6 is 12.2 Å². The maximum absolute atomic E-state index is 5.96. The van der Waals surface area contributed by atoms with Crippen molar-refractivity contribution in [3.63, 3.8) is 0 Å². The largest absolute Gasteiger partial charge is 0.490 e. The highest BCUT2D eigenvalue weighted by atomic mass is 32.1. The van der Waals surface area contributed by atoms with Crippen LogP contribution < -0.4 is 10.5 Å². The number of nitrogens with two attached hydrogens (primary N) is 1. The minimum atomic E-state index is 0.208. The summed E-state index contributed by atoms with van der Waals surface area (Å²) in [6.45, 7) is 3.54. The van der Waals surface area contributed by atoms with Gasteiger partial charge >= 0.3 is 0 Å². The van der Waals surface area contributed by atoms with E-state index in [0.717, 1.165) is 42.9 Å². The van der Waals surface area contributed by atoms with Gasteiger partial charge in [-0.15, -0.1) is 0 Å². The van der Waals surface area contributed by atoms with E-state index < -0.39 is 0 Å². The molecule has 4 heteroatoms. The lowest BCUT2D eigenvalue weighted by Crippen LogP contribution is -2.27. The molecule has 1 fully saturated rings. The summed E-state index contributed by atoms with van der Waals surface area (Å²) in [5, 5.41) is 0. The molecule has 1 aliphatic heterocycles. The molecular formula is C13H17NO2S. The number of thiocarbonyl (C=S) groups is 1. The third-order valence-corrected chi connectivity index (χ3v) is 3.08. The smallest absolute Gasteiger partial charge is 0.129 e. The SMILES string of the molecule is Cc1ccc(OC2CCOCC2)c(C(N)=S)c1. The topological polar surface area (TPSA) is 44.5 Å². The van der Waals surface area contributed by atoms with Crippen LogP contribution in [0.1, 0.15) is 24.0 Å². The van der Waals surface area contributed by atoms with Crippen LogP contribution in [0.4, 0.5) is 0 Å². The van der Waals surface area contributed by atoms with Crippen molar-refractivity contribution >= 4 is 17.2 Å². The van der Waals surface area contributed by atoms with Crippen LogP contribution in [0.15, 0.2) is 18.2 Å². The Hall–Kier alpha value is -1.13. The second-order valence-corrected chi connectivity index (χ2v) is 4.73. The van der Waals surface area contributed by atoms with Crippen LogP contribution in [-0.2, 0) is 4.74 Å². The average Bonchev–Trinajstić information content (AvgIpc) is 2.32. The number of hydrogen-bond acceptors (Lipinski definition) is 3. The van der Waals surface area contributed by atoms with E-state index in [4.69, 9.17) is 27.4 Å². The molecule has 0 aliphatic carbocycles. The molecule has 2 rings (SSSR count). The first-order valence-corrected chi connectivity index (χ1v) is 6.22. The molecule has 92 valence electrons. The zero-order valence-electron chi connectivity index (χ0n) is 9.94. The summed E-state index contributed by atoms with van der Waals surface area (Å²) in [5.41, 5.74) is 7.67. The summed E-state index contributed by atoms with van der Waals surface area (Å²) >= 11 is 5.05. The lowest BCUT2D eigenvalue weighted by atomic mass is 10.1. The molecule has 1 heterocycles. The fraction of sp³-hybridized carbons (Fsp3) is 0.462. The molecule has 0 atom stereocenters. The van der Waals surface area contributed by atoms with Crippen LogP contribution in [0.2, 0.25) is 0 Å². The third-order valence-electron chi connectivity index (χ3n) is 2.86. The van der Waals surface area contributed by atoms with Gasteiger partial charge < -0.3 is 15.2 Å². The van der Waals surface area contributed by atoms with Gasteiger partial charge in [0.25, 0.3) is 0 Å². The summed E-state index contributed by atoms with van der Waals surface area (Å²) in [7, 11) is 0. The first kappa shape index (κ1) is 12.3. The lowest BCUT2D eigenvalue weighted by Gasteiger charge is -2.24. The molecule has 1 aliphatic rings. The Labute approximate surface area is 107 Å². The van der Waals surface area contributed by atoms with Crippen LogP contribution in [0.3, 0.4) is 0 Å². The van der Waals surface area contributed by atoms with Gasteiger partial charge in [0.1, 0.15) is 16.8 Å². The van der Waals surface area contributed by atoms with Gasteiger partial charge in [-0.05, 0) is 19.1 Å². The summed E-state index contributed by atoms with van der Waals surface area (Å²) in [6, 6.07) is 5.92. The van der Waals surface area contributed by atoms with Crippen molar-refractivity contribution in [1.82, 2.24) is 0 Å². The number of rotatable bonds is 3. The average molecular weight is 251 g/mol. The van der Waals surface area contributed by atoms with E-state index in [1.54, 1.807) is 0 Å². The summed E-state index contributed by atoms with van der Waals surface area (Å²) < 4.78 is 11.3. The first-order valence-electron chi connectivity index (χ1n) is 5.81. The van der Waals surface area contributed by atoms with Crippen molar-refractivity contribution in [2.45, 2.75) is 25.9 Å². The van der Waals surface area contributed by atoms with Gasteiger partial charge in [-0.1, -0.05) is 23.8 Å². The van der Waals surface area contributed by atoms with Crippen molar-refractivity contribution in [2.75, 3.05) is 13.2 Å². The van der Waals surface area contributed by atoms with Crippen LogP contribution in [0, 0.1) is 6.92 Å². The molecule has 17 heavy (non-hydrogen) atoms. The highest BCUT2D eigenvalue weighted by Gasteiger charge is 2.17. The Kier molecular flexibility index (Phi) is 3.97. The molecule has 0 bridgehead atoms. The minimum absolute atomic E-state index is 0.208. The quantitative estimate of drug-likeness (QED) is 0.836. The molecule has 3 nitrogen and oxygen atoms in total. The van der Waals surface area contributed by atoms with Crippen LogP contribution in [-0.4, -0.2) is 24.3 Å². The Morgan fingerprint density at radius 3 is 2.76 bits per heavy atom. The number of benzene rings is 1. The summed E-state index contributed by atoms with van der Waals surface area (Å²) in [5.74, 6) is 0.787. The Balaban J connectivity index is 2.16. The van der Waals surface area contributed by atoms with E-state index in [2.05, 4.69) is 0 Å². The Morgan fingerprint density at radius 1 is 1.41 bits per heavy atom. The first-order chi connectivity index (χ1) is 8.16. The molecule has 0 radical (unpaired) electrons. The Morgan fingerprint density at radius 2 is 2.12 bits per heavy atom. The van der Waals surface area contributed by atoms with Gasteiger partial charge in [0.15, 0.2) is 0 Å². The van der Waals surface area contributed by atoms with Crippen LogP contribution in [0.5, 0.6) is 5.75 Å². The number of ether oxygens (including phenoxy) is 2. The predicted molar refractivity (Wildman–Crippen MR) is 71.5 cm³/mol. The van der Waals surface area contributed by atoms with E-state index in [-0.39, 0.29) is 6.10 Å². The number of hydrogen-bond donors (Lipinski definition) is 1. The van der Waals surface area contributed by atoms with E-state index in [1.165, 1.54) is 0 Å². The lowest BCUT2D eigenvalue weighted by molar-refractivity contribution is 0.0255. The minimum Gasteiger partial charge on any atom is -0.490 e. The molecule has 0 spiro atoms. The zero-order valence-corrected chi connectivity index (χ0v) is 10.8. The van der Waals surface area contributed by atoms with Crippen molar-refractivity contribution in [3.8, 4) is 5.75 Å². The molecule has 0 amide bonds. The van der Waals surface area contributed by atoms with Gasteiger partial charge in [-0.3, -0.25) is 0 Å². The summed E-state index contributed by atoms with van der Waals surface area (Å²) in [6.07, 6.45) is 2.05. The van der Waals surface area contributed by atoms with Gasteiger partial charge in [0.05, 0.1) is 18.8 Å². The Bertz CT molecular complexity index is 414. The normalized spacial score (nSPS) is 16.8. The van der Waals surface area contributed by atoms with Crippen LogP contribution in [0.25, 0.3) is 0 Å². The second-order valence-electron chi connectivity index (χ2n) is 4.29. The maximum Gasteiger partial charge on any atom is 0.129 e. The summed E-state index contributed by atoms with van der Waals surface area (Å²) in [4.78, 5) is 0.385. The predicted octanol–water partition coefficient (Wildman–Crippen LogP) is 2.19.